The number of carbonyl (C=O) groups is 2. The minimum absolute atomic E-state index is 0.130. The normalized spacial score (nSPS) is 19.0. The third kappa shape index (κ3) is 6.28. The predicted octanol–water partition coefficient (Wildman–Crippen LogP) is 0.916. The quantitative estimate of drug-likeness (QED) is 0.379. The first-order valence-electron chi connectivity index (χ1n) is 10.5. The van der Waals surface area contributed by atoms with Crippen molar-refractivity contribution in [3.63, 3.8) is 0 Å². The zero-order valence-corrected chi connectivity index (χ0v) is 18.6. The van der Waals surface area contributed by atoms with Crippen LogP contribution in [0.2, 0.25) is 0 Å². The monoisotopic (exact) mass is 450 g/mol. The van der Waals surface area contributed by atoms with Crippen molar-refractivity contribution in [1.82, 2.24) is 14.7 Å². The van der Waals surface area contributed by atoms with Gasteiger partial charge in [-0.05, 0) is 36.5 Å². The van der Waals surface area contributed by atoms with Gasteiger partial charge in [0.15, 0.2) is 0 Å². The smallest absolute Gasteiger partial charge is 0.267 e. The van der Waals surface area contributed by atoms with Gasteiger partial charge < -0.3 is 9.80 Å². The van der Waals surface area contributed by atoms with E-state index in [1.165, 1.54) is 16.6 Å². The molecule has 3 rings (SSSR count). The molecule has 1 aromatic carbocycles. The van der Waals surface area contributed by atoms with Crippen LogP contribution < -0.4 is 10.4 Å². The number of nitrogens with one attached hydrogen (secondary N) is 1. The first kappa shape index (κ1) is 23.2. The molecule has 2 N–H and O–H groups in total. The molecule has 0 aromatic heterocycles. The Hall–Kier alpha value is -2.43. The molecule has 0 saturated carbocycles. The van der Waals surface area contributed by atoms with E-state index < -0.39 is 15.9 Å². The number of nitrogens with zero attached hydrogens (tertiary/aromatic N) is 3. The Kier molecular flexibility index (Phi) is 7.69. The van der Waals surface area contributed by atoms with Crippen molar-refractivity contribution >= 4 is 33.6 Å². The van der Waals surface area contributed by atoms with Gasteiger partial charge in [-0.25, -0.2) is 18.2 Å². The molecule has 170 valence electrons. The molecule has 2 heterocycles. The number of anilines is 1. The first-order chi connectivity index (χ1) is 14.8. The van der Waals surface area contributed by atoms with Crippen molar-refractivity contribution in [2.24, 2.45) is 5.92 Å². The molecule has 1 aromatic rings. The SMILES string of the molecule is CS(=O)(=O)N1CCC(CC(=O)N2CCN(c3ccccc3C=CC(=O)NO)CC2)CC1. The summed E-state index contributed by atoms with van der Waals surface area (Å²) in [5, 5.41) is 8.65. The summed E-state index contributed by atoms with van der Waals surface area (Å²) < 4.78 is 24.8. The minimum Gasteiger partial charge on any atom is -0.367 e. The standard InChI is InChI=1S/C21H30N4O5S/c1-31(29,30)25-10-8-17(9-11-25)16-21(27)24-14-12-23(13-15-24)19-5-3-2-4-18(19)6-7-20(26)22-28/h2-7,17,28H,8-16H2,1H3,(H,22,26). The number of hydrogen-bond acceptors (Lipinski definition) is 6. The van der Waals surface area contributed by atoms with E-state index in [9.17, 15) is 18.0 Å². The van der Waals surface area contributed by atoms with Crippen LogP contribution in [0.4, 0.5) is 5.69 Å². The van der Waals surface area contributed by atoms with Crippen LogP contribution in [0, 0.1) is 5.92 Å². The number of hydroxylamine groups is 1. The largest absolute Gasteiger partial charge is 0.367 e. The van der Waals surface area contributed by atoms with E-state index in [0.29, 0.717) is 45.7 Å². The lowest BCUT2D eigenvalue weighted by molar-refractivity contribution is -0.132. The van der Waals surface area contributed by atoms with Gasteiger partial charge in [-0.15, -0.1) is 0 Å². The molecule has 0 radical (unpaired) electrons. The number of carbonyl (C=O) groups excluding carboxylic acids is 2. The maximum atomic E-state index is 12.8. The number of piperidine rings is 1. The van der Waals surface area contributed by atoms with Gasteiger partial charge >= 0.3 is 0 Å². The second kappa shape index (κ2) is 10.3. The van der Waals surface area contributed by atoms with Crippen molar-refractivity contribution in [2.75, 3.05) is 50.4 Å². The van der Waals surface area contributed by atoms with Crippen LogP contribution in [0.1, 0.15) is 24.8 Å². The highest BCUT2D eigenvalue weighted by molar-refractivity contribution is 7.88. The average Bonchev–Trinajstić information content (AvgIpc) is 2.77. The van der Waals surface area contributed by atoms with Crippen LogP contribution in [0.3, 0.4) is 0 Å². The van der Waals surface area contributed by atoms with Gasteiger partial charge in [0.05, 0.1) is 6.26 Å². The van der Waals surface area contributed by atoms with Crippen molar-refractivity contribution in [1.29, 1.82) is 0 Å². The Morgan fingerprint density at radius 1 is 1.10 bits per heavy atom. The van der Waals surface area contributed by atoms with Crippen LogP contribution >= 0.6 is 0 Å². The molecule has 10 heteroatoms. The number of amides is 2. The van der Waals surface area contributed by atoms with Crippen LogP contribution in [-0.2, 0) is 19.6 Å². The number of rotatable bonds is 6. The van der Waals surface area contributed by atoms with Crippen molar-refractivity contribution < 1.29 is 23.2 Å². The van der Waals surface area contributed by atoms with Gasteiger partial charge in [-0.2, -0.15) is 0 Å². The Bertz CT molecular complexity index is 917. The fourth-order valence-corrected chi connectivity index (χ4v) is 5.01. The summed E-state index contributed by atoms with van der Waals surface area (Å²) in [6.45, 7) is 3.60. The summed E-state index contributed by atoms with van der Waals surface area (Å²) in [5.41, 5.74) is 3.42. The van der Waals surface area contributed by atoms with Crippen LogP contribution in [0.5, 0.6) is 0 Å². The number of para-hydroxylation sites is 1. The van der Waals surface area contributed by atoms with Crippen molar-refractivity contribution in [2.45, 2.75) is 19.3 Å². The molecular formula is C21H30N4O5S. The third-order valence-electron chi connectivity index (χ3n) is 5.94. The Balaban J connectivity index is 1.52. The second-order valence-electron chi connectivity index (χ2n) is 8.05. The number of piperazine rings is 1. The van der Waals surface area contributed by atoms with Crippen LogP contribution in [0.25, 0.3) is 6.08 Å². The maximum absolute atomic E-state index is 12.8. The summed E-state index contributed by atoms with van der Waals surface area (Å²) in [4.78, 5) is 28.1. The van der Waals surface area contributed by atoms with Gasteiger partial charge in [-0.3, -0.25) is 14.8 Å². The molecule has 0 atom stereocenters. The lowest BCUT2D eigenvalue weighted by Gasteiger charge is -2.38. The summed E-state index contributed by atoms with van der Waals surface area (Å²) in [6, 6.07) is 7.69. The Morgan fingerprint density at radius 2 is 1.74 bits per heavy atom. The van der Waals surface area contributed by atoms with Crippen molar-refractivity contribution in [3.05, 3.63) is 35.9 Å². The summed E-state index contributed by atoms with van der Waals surface area (Å²) in [5.74, 6) is -0.232. The second-order valence-corrected chi connectivity index (χ2v) is 10.0. The van der Waals surface area contributed by atoms with Gasteiger partial charge in [0.2, 0.25) is 15.9 Å². The molecule has 0 spiro atoms. The number of hydrogen-bond donors (Lipinski definition) is 2. The molecule has 2 fully saturated rings. The molecule has 0 unspecified atom stereocenters. The van der Waals surface area contributed by atoms with Crippen molar-refractivity contribution in [3.8, 4) is 0 Å². The van der Waals surface area contributed by atoms with E-state index in [1.54, 1.807) is 11.6 Å². The molecule has 0 aliphatic carbocycles. The molecule has 2 aliphatic heterocycles. The van der Waals surface area contributed by atoms with Crippen LogP contribution in [0.15, 0.2) is 30.3 Å². The fraction of sp³-hybridized carbons (Fsp3) is 0.524. The highest BCUT2D eigenvalue weighted by Crippen LogP contribution is 2.25. The Labute approximate surface area is 183 Å². The Morgan fingerprint density at radius 3 is 2.35 bits per heavy atom. The van der Waals surface area contributed by atoms with Gasteiger partial charge in [-0.1, -0.05) is 18.2 Å². The van der Waals surface area contributed by atoms with E-state index in [1.807, 2.05) is 29.2 Å². The molecule has 2 saturated heterocycles. The van der Waals surface area contributed by atoms with E-state index in [2.05, 4.69) is 4.90 Å². The lowest BCUT2D eigenvalue weighted by Crippen LogP contribution is -2.49. The van der Waals surface area contributed by atoms with E-state index in [4.69, 9.17) is 5.21 Å². The zero-order chi connectivity index (χ0) is 22.4. The van der Waals surface area contributed by atoms with Gasteiger partial charge in [0.25, 0.3) is 5.91 Å². The van der Waals surface area contributed by atoms with Gasteiger partial charge in [0.1, 0.15) is 0 Å². The average molecular weight is 451 g/mol. The highest BCUT2D eigenvalue weighted by Gasteiger charge is 2.29. The summed E-state index contributed by atoms with van der Waals surface area (Å²) >= 11 is 0. The third-order valence-corrected chi connectivity index (χ3v) is 7.24. The van der Waals surface area contributed by atoms with Gasteiger partial charge in [0, 0.05) is 57.5 Å². The van der Waals surface area contributed by atoms with E-state index in [0.717, 1.165) is 24.1 Å². The zero-order valence-electron chi connectivity index (χ0n) is 17.7. The first-order valence-corrected chi connectivity index (χ1v) is 12.3. The maximum Gasteiger partial charge on any atom is 0.267 e. The van der Waals surface area contributed by atoms with E-state index in [-0.39, 0.29) is 11.8 Å². The molecule has 31 heavy (non-hydrogen) atoms. The topological polar surface area (TPSA) is 110 Å². The predicted molar refractivity (Wildman–Crippen MR) is 118 cm³/mol. The molecule has 2 aliphatic rings. The highest BCUT2D eigenvalue weighted by atomic mass is 32.2. The molecule has 9 nitrogen and oxygen atoms in total. The number of sulfonamides is 1. The summed E-state index contributed by atoms with van der Waals surface area (Å²) in [6.07, 6.45) is 6.06. The summed E-state index contributed by atoms with van der Waals surface area (Å²) in [7, 11) is -3.15. The lowest BCUT2D eigenvalue weighted by atomic mass is 9.94. The number of benzene rings is 1. The van der Waals surface area contributed by atoms with E-state index >= 15 is 0 Å². The minimum atomic E-state index is -3.15. The molecule has 2 amide bonds. The molecule has 0 bridgehead atoms. The fourth-order valence-electron chi connectivity index (χ4n) is 4.14. The van der Waals surface area contributed by atoms with Crippen LogP contribution in [-0.4, -0.2) is 80.2 Å². The molecular weight excluding hydrogens is 420 g/mol.